The van der Waals surface area contributed by atoms with Crippen LogP contribution in [0, 0.1) is 5.82 Å². The van der Waals surface area contributed by atoms with Gasteiger partial charge in [0.2, 0.25) is 0 Å². The van der Waals surface area contributed by atoms with Gasteiger partial charge in [0.1, 0.15) is 30.9 Å². The Bertz CT molecular complexity index is 769. The number of carbonyl (C=O) groups is 1. The quantitative estimate of drug-likeness (QED) is 0.790. The Morgan fingerprint density at radius 3 is 2.88 bits per heavy atom. The molecule has 1 atom stereocenters. The van der Waals surface area contributed by atoms with Gasteiger partial charge in [-0.1, -0.05) is 12.1 Å². The van der Waals surface area contributed by atoms with Crippen LogP contribution < -0.4 is 25.3 Å². The molecule has 2 aromatic carbocycles. The molecule has 0 aliphatic carbocycles. The maximum absolute atomic E-state index is 13.5. The molecule has 0 bridgehead atoms. The van der Waals surface area contributed by atoms with Crippen molar-refractivity contribution in [3.05, 3.63) is 53.8 Å². The third kappa shape index (κ3) is 4.43. The van der Waals surface area contributed by atoms with Crippen LogP contribution in [0.15, 0.2) is 42.5 Å². The number of benzene rings is 2. The Hall–Kier alpha value is -2.80. The highest BCUT2D eigenvalue weighted by Gasteiger charge is 2.21. The maximum atomic E-state index is 13.5. The Labute approximate surface area is 151 Å². The summed E-state index contributed by atoms with van der Waals surface area (Å²) in [5, 5.41) is 2.76. The van der Waals surface area contributed by atoms with E-state index in [2.05, 4.69) is 5.32 Å². The van der Waals surface area contributed by atoms with Crippen LogP contribution in [0.3, 0.4) is 0 Å². The zero-order chi connectivity index (χ0) is 18.4. The van der Waals surface area contributed by atoms with Gasteiger partial charge in [0.25, 0.3) is 5.91 Å². The average Bonchev–Trinajstić information content (AvgIpc) is 2.66. The van der Waals surface area contributed by atoms with Gasteiger partial charge < -0.3 is 25.3 Å². The molecule has 0 aromatic heterocycles. The number of nitrogens with two attached hydrogens (primary N) is 1. The van der Waals surface area contributed by atoms with Gasteiger partial charge in [0.15, 0.2) is 11.5 Å². The van der Waals surface area contributed by atoms with Crippen LogP contribution in [0.5, 0.6) is 17.2 Å². The zero-order valence-electron chi connectivity index (χ0n) is 14.2. The minimum Gasteiger partial charge on any atom is -0.491 e. The lowest BCUT2D eigenvalue weighted by Gasteiger charge is -2.26. The Balaban J connectivity index is 1.54. The molecule has 1 heterocycles. The summed E-state index contributed by atoms with van der Waals surface area (Å²) < 4.78 is 30.4. The van der Waals surface area contributed by atoms with Crippen LogP contribution in [0.4, 0.5) is 4.39 Å². The van der Waals surface area contributed by atoms with Gasteiger partial charge in [-0.15, -0.1) is 0 Å². The Kier molecular flexibility index (Phi) is 5.91. The van der Waals surface area contributed by atoms with E-state index >= 15 is 0 Å². The first kappa shape index (κ1) is 18.0. The summed E-state index contributed by atoms with van der Waals surface area (Å²) in [4.78, 5) is 12.4. The van der Waals surface area contributed by atoms with Crippen LogP contribution in [0.25, 0.3) is 0 Å². The molecule has 26 heavy (non-hydrogen) atoms. The van der Waals surface area contributed by atoms with Crippen molar-refractivity contribution in [3.63, 3.8) is 0 Å². The molecule has 6 nitrogen and oxygen atoms in total. The van der Waals surface area contributed by atoms with Gasteiger partial charge in [-0.25, -0.2) is 4.39 Å². The molecule has 0 fully saturated rings. The molecule has 0 saturated heterocycles. The number of halogens is 1. The lowest BCUT2D eigenvalue weighted by atomic mass is 10.1. The lowest BCUT2D eigenvalue weighted by molar-refractivity contribution is 0.0811. The number of hydrogen-bond acceptors (Lipinski definition) is 5. The summed E-state index contributed by atoms with van der Waals surface area (Å²) in [7, 11) is 0. The smallest absolute Gasteiger partial charge is 0.255 e. The molecular weight excluding hydrogens is 339 g/mol. The fraction of sp³-hybridized carbons (Fsp3) is 0.316. The molecule has 3 N–H and O–H groups in total. The summed E-state index contributed by atoms with van der Waals surface area (Å²) in [6, 6.07) is 11.3. The highest BCUT2D eigenvalue weighted by Crippen LogP contribution is 2.31. The molecule has 0 spiro atoms. The molecule has 138 valence electrons. The van der Waals surface area contributed by atoms with Crippen LogP contribution in [-0.2, 0) is 0 Å². The zero-order valence-corrected chi connectivity index (χ0v) is 14.2. The van der Waals surface area contributed by atoms with E-state index in [-0.39, 0.29) is 18.3 Å². The van der Waals surface area contributed by atoms with Crippen molar-refractivity contribution in [2.75, 3.05) is 26.3 Å². The van der Waals surface area contributed by atoms with E-state index in [0.717, 1.165) is 6.07 Å². The number of rotatable bonds is 7. The average molecular weight is 360 g/mol. The van der Waals surface area contributed by atoms with Crippen LogP contribution in [0.1, 0.15) is 16.8 Å². The van der Waals surface area contributed by atoms with Gasteiger partial charge in [0.05, 0.1) is 5.56 Å². The van der Waals surface area contributed by atoms with E-state index in [4.69, 9.17) is 19.9 Å². The summed E-state index contributed by atoms with van der Waals surface area (Å²) in [5.41, 5.74) is 5.55. The molecule has 1 aliphatic rings. The summed E-state index contributed by atoms with van der Waals surface area (Å²) in [5.74, 6) is 0.803. The number of nitrogens with one attached hydrogen (secondary N) is 1. The van der Waals surface area contributed by atoms with Crippen molar-refractivity contribution >= 4 is 5.91 Å². The van der Waals surface area contributed by atoms with Gasteiger partial charge in [-0.3, -0.25) is 4.79 Å². The Morgan fingerprint density at radius 2 is 2.08 bits per heavy atom. The standard InChI is InChI=1S/C19H21FN2O4/c20-13-5-6-16(24-10-8-21)15(11-13)19(23)22-9-7-14-12-25-17-3-1-2-4-18(17)26-14/h1-6,11,14H,7-10,12,21H2,(H,22,23)/t14-/m1/s1. The predicted molar refractivity (Wildman–Crippen MR) is 94.3 cm³/mol. The second-order valence-electron chi connectivity index (χ2n) is 5.82. The van der Waals surface area contributed by atoms with Gasteiger partial charge in [-0.05, 0) is 30.3 Å². The third-order valence-corrected chi connectivity index (χ3v) is 3.88. The highest BCUT2D eigenvalue weighted by atomic mass is 19.1. The van der Waals surface area contributed by atoms with Crippen molar-refractivity contribution in [2.24, 2.45) is 5.73 Å². The number of para-hydroxylation sites is 2. The third-order valence-electron chi connectivity index (χ3n) is 3.88. The van der Waals surface area contributed by atoms with Crippen molar-refractivity contribution < 1.29 is 23.4 Å². The predicted octanol–water partition coefficient (Wildman–Crippen LogP) is 2.12. The van der Waals surface area contributed by atoms with Crippen LogP contribution in [-0.4, -0.2) is 38.3 Å². The first-order valence-electron chi connectivity index (χ1n) is 8.46. The molecule has 7 heteroatoms. The Morgan fingerprint density at radius 1 is 1.27 bits per heavy atom. The summed E-state index contributed by atoms with van der Waals surface area (Å²) in [6.45, 7) is 1.33. The number of hydrogen-bond donors (Lipinski definition) is 2. The van der Waals surface area contributed by atoms with Crippen molar-refractivity contribution in [2.45, 2.75) is 12.5 Å². The first-order chi connectivity index (χ1) is 12.7. The van der Waals surface area contributed by atoms with Crippen LogP contribution in [0.2, 0.25) is 0 Å². The molecular formula is C19H21FN2O4. The molecule has 1 aliphatic heterocycles. The van der Waals surface area contributed by atoms with E-state index in [1.807, 2.05) is 24.3 Å². The van der Waals surface area contributed by atoms with Crippen LogP contribution >= 0.6 is 0 Å². The van der Waals surface area contributed by atoms with E-state index < -0.39 is 11.7 Å². The second-order valence-corrected chi connectivity index (χ2v) is 5.82. The SMILES string of the molecule is NCCOc1ccc(F)cc1C(=O)NCC[C@@H]1COc2ccccc2O1. The number of carbonyl (C=O) groups excluding carboxylic acids is 1. The minimum atomic E-state index is -0.504. The molecule has 1 amide bonds. The molecule has 2 aromatic rings. The second kappa shape index (κ2) is 8.53. The summed E-state index contributed by atoms with van der Waals surface area (Å²) in [6.07, 6.45) is 0.402. The van der Waals surface area contributed by atoms with E-state index in [1.165, 1.54) is 12.1 Å². The van der Waals surface area contributed by atoms with Gasteiger partial charge >= 0.3 is 0 Å². The van der Waals surface area contributed by atoms with E-state index in [0.29, 0.717) is 43.4 Å². The lowest BCUT2D eigenvalue weighted by Crippen LogP contribution is -2.34. The molecule has 0 radical (unpaired) electrons. The molecule has 0 unspecified atom stereocenters. The fourth-order valence-electron chi connectivity index (χ4n) is 2.62. The molecule has 0 saturated carbocycles. The van der Waals surface area contributed by atoms with Crippen molar-refractivity contribution in [3.8, 4) is 17.2 Å². The summed E-state index contributed by atoms with van der Waals surface area (Å²) >= 11 is 0. The normalized spacial score (nSPS) is 15.4. The minimum absolute atomic E-state index is 0.143. The number of fused-ring (bicyclic) bond motifs is 1. The topological polar surface area (TPSA) is 82.8 Å². The number of amides is 1. The first-order valence-corrected chi connectivity index (χ1v) is 8.46. The van der Waals surface area contributed by atoms with E-state index in [1.54, 1.807) is 0 Å². The number of ether oxygens (including phenoxy) is 3. The van der Waals surface area contributed by atoms with Crippen molar-refractivity contribution in [1.29, 1.82) is 0 Å². The fourth-order valence-corrected chi connectivity index (χ4v) is 2.62. The van der Waals surface area contributed by atoms with Crippen molar-refractivity contribution in [1.82, 2.24) is 5.32 Å². The van der Waals surface area contributed by atoms with E-state index in [9.17, 15) is 9.18 Å². The monoisotopic (exact) mass is 360 g/mol. The highest BCUT2D eigenvalue weighted by molar-refractivity contribution is 5.96. The molecule has 3 rings (SSSR count). The largest absolute Gasteiger partial charge is 0.491 e. The van der Waals surface area contributed by atoms with Gasteiger partial charge in [-0.2, -0.15) is 0 Å². The maximum Gasteiger partial charge on any atom is 0.255 e. The van der Waals surface area contributed by atoms with Gasteiger partial charge in [0, 0.05) is 19.5 Å².